The van der Waals surface area contributed by atoms with Crippen LogP contribution in [0.25, 0.3) is 0 Å². The molecule has 1 aromatic carbocycles. The highest BCUT2D eigenvalue weighted by Gasteiger charge is 2.23. The first kappa shape index (κ1) is 11.8. The third-order valence-corrected chi connectivity index (χ3v) is 3.38. The van der Waals surface area contributed by atoms with Crippen molar-refractivity contribution in [2.75, 3.05) is 19.8 Å². The van der Waals surface area contributed by atoms with Gasteiger partial charge in [-0.2, -0.15) is 0 Å². The van der Waals surface area contributed by atoms with E-state index in [1.807, 2.05) is 24.3 Å². The van der Waals surface area contributed by atoms with Gasteiger partial charge in [0.15, 0.2) is 0 Å². The Balaban J connectivity index is 1.35. The molecule has 0 amide bonds. The van der Waals surface area contributed by atoms with E-state index in [9.17, 15) is 0 Å². The summed E-state index contributed by atoms with van der Waals surface area (Å²) in [6.07, 6.45) is 5.65. The molecule has 3 rings (SSSR count). The monoisotopic (exact) mass is 248 g/mol. The van der Waals surface area contributed by atoms with E-state index in [0.717, 1.165) is 30.6 Å². The lowest BCUT2D eigenvalue weighted by Crippen LogP contribution is -2.04. The fourth-order valence-electron chi connectivity index (χ4n) is 1.95. The largest absolute Gasteiger partial charge is 0.494 e. The summed E-state index contributed by atoms with van der Waals surface area (Å²) in [4.78, 5) is 0. The molecule has 98 valence electrons. The molecule has 2 aliphatic rings. The minimum Gasteiger partial charge on any atom is -0.494 e. The second-order valence-corrected chi connectivity index (χ2v) is 5.17. The highest BCUT2D eigenvalue weighted by atomic mass is 16.6. The summed E-state index contributed by atoms with van der Waals surface area (Å²) >= 11 is 0. The summed E-state index contributed by atoms with van der Waals surface area (Å²) < 4.78 is 16.4. The number of ether oxygens (including phenoxy) is 3. The molecule has 0 N–H and O–H groups in total. The third-order valence-electron chi connectivity index (χ3n) is 3.38. The van der Waals surface area contributed by atoms with Gasteiger partial charge in [0.05, 0.1) is 13.2 Å². The second-order valence-electron chi connectivity index (χ2n) is 5.17. The lowest BCUT2D eigenvalue weighted by atomic mass is 10.2. The van der Waals surface area contributed by atoms with Crippen LogP contribution in [0.3, 0.4) is 0 Å². The van der Waals surface area contributed by atoms with Crippen molar-refractivity contribution < 1.29 is 14.2 Å². The standard InChI is InChI=1S/C15H20O3/c1(2-12-3-4-12)9-16-13-5-7-14(8-6-13)17-10-15-11-18-15/h5-8,12,15H,1-4,9-11H2. The zero-order valence-corrected chi connectivity index (χ0v) is 10.6. The zero-order chi connectivity index (χ0) is 12.2. The summed E-state index contributed by atoms with van der Waals surface area (Å²) in [5, 5.41) is 0. The van der Waals surface area contributed by atoms with Crippen LogP contribution in [-0.4, -0.2) is 25.9 Å². The van der Waals surface area contributed by atoms with Crippen LogP contribution < -0.4 is 9.47 Å². The first-order valence-electron chi connectivity index (χ1n) is 6.87. The SMILES string of the molecule is c1cc(OCC2CO2)ccc1OCCCC1CC1. The summed E-state index contributed by atoms with van der Waals surface area (Å²) in [6.45, 7) is 2.32. The Kier molecular flexibility index (Phi) is 3.69. The van der Waals surface area contributed by atoms with Crippen LogP contribution in [0.4, 0.5) is 0 Å². The Hall–Kier alpha value is -1.22. The predicted molar refractivity (Wildman–Crippen MR) is 69.1 cm³/mol. The molecule has 1 unspecified atom stereocenters. The van der Waals surface area contributed by atoms with Crippen molar-refractivity contribution >= 4 is 0 Å². The van der Waals surface area contributed by atoms with E-state index in [1.54, 1.807) is 0 Å². The highest BCUT2D eigenvalue weighted by molar-refractivity contribution is 5.31. The van der Waals surface area contributed by atoms with E-state index < -0.39 is 0 Å². The molecule has 1 aromatic rings. The molecule has 1 saturated carbocycles. The first-order chi connectivity index (χ1) is 8.90. The van der Waals surface area contributed by atoms with E-state index in [0.29, 0.717) is 12.7 Å². The molecule has 3 heteroatoms. The highest BCUT2D eigenvalue weighted by Crippen LogP contribution is 2.33. The van der Waals surface area contributed by atoms with Gasteiger partial charge in [-0.3, -0.25) is 0 Å². The van der Waals surface area contributed by atoms with Crippen LogP contribution in [0.5, 0.6) is 11.5 Å². The summed E-state index contributed by atoms with van der Waals surface area (Å²) in [6, 6.07) is 7.86. The Morgan fingerprint density at radius 3 is 2.33 bits per heavy atom. The number of hydrogen-bond donors (Lipinski definition) is 0. The van der Waals surface area contributed by atoms with Crippen LogP contribution in [0.15, 0.2) is 24.3 Å². The number of epoxide rings is 1. The third kappa shape index (κ3) is 3.91. The van der Waals surface area contributed by atoms with Gasteiger partial charge in [-0.15, -0.1) is 0 Å². The molecule has 18 heavy (non-hydrogen) atoms. The summed E-state index contributed by atoms with van der Waals surface area (Å²) in [5.74, 6) is 2.81. The average molecular weight is 248 g/mol. The van der Waals surface area contributed by atoms with Crippen LogP contribution in [0.2, 0.25) is 0 Å². The number of rotatable bonds is 8. The Labute approximate surface area is 108 Å². The molecule has 0 bridgehead atoms. The molecule has 1 atom stereocenters. The molecule has 3 nitrogen and oxygen atoms in total. The zero-order valence-electron chi connectivity index (χ0n) is 10.6. The van der Waals surface area contributed by atoms with E-state index in [-0.39, 0.29) is 0 Å². The Morgan fingerprint density at radius 1 is 1.06 bits per heavy atom. The summed E-state index contributed by atoms with van der Waals surface area (Å²) in [5.41, 5.74) is 0. The lowest BCUT2D eigenvalue weighted by Gasteiger charge is -2.07. The molecule has 1 aliphatic heterocycles. The van der Waals surface area contributed by atoms with Gasteiger partial charge in [-0.25, -0.2) is 0 Å². The maximum absolute atomic E-state index is 5.70. The smallest absolute Gasteiger partial charge is 0.119 e. The molecule has 0 spiro atoms. The van der Waals surface area contributed by atoms with Gasteiger partial charge in [-0.1, -0.05) is 12.8 Å². The minimum atomic E-state index is 0.309. The van der Waals surface area contributed by atoms with Gasteiger partial charge in [0, 0.05) is 0 Å². The fourth-order valence-corrected chi connectivity index (χ4v) is 1.95. The van der Waals surface area contributed by atoms with Gasteiger partial charge in [0.25, 0.3) is 0 Å². The molecule has 1 saturated heterocycles. The van der Waals surface area contributed by atoms with Crippen LogP contribution in [-0.2, 0) is 4.74 Å². The topological polar surface area (TPSA) is 31.0 Å². The number of hydrogen-bond acceptors (Lipinski definition) is 3. The Bertz CT molecular complexity index is 366. The normalized spacial score (nSPS) is 21.7. The maximum atomic E-state index is 5.70. The van der Waals surface area contributed by atoms with Gasteiger partial charge in [0.1, 0.15) is 24.2 Å². The maximum Gasteiger partial charge on any atom is 0.119 e. The molecule has 2 fully saturated rings. The van der Waals surface area contributed by atoms with Crippen molar-refractivity contribution in [2.24, 2.45) is 5.92 Å². The van der Waals surface area contributed by atoms with Crippen molar-refractivity contribution in [2.45, 2.75) is 31.8 Å². The molecule has 0 radical (unpaired) electrons. The molecule has 1 heterocycles. The second kappa shape index (κ2) is 5.61. The molecule has 0 aromatic heterocycles. The van der Waals surface area contributed by atoms with Gasteiger partial charge >= 0.3 is 0 Å². The molecular formula is C15H20O3. The number of benzene rings is 1. The molecule has 1 aliphatic carbocycles. The van der Waals surface area contributed by atoms with Crippen molar-refractivity contribution in [1.82, 2.24) is 0 Å². The van der Waals surface area contributed by atoms with E-state index in [4.69, 9.17) is 14.2 Å². The van der Waals surface area contributed by atoms with Crippen molar-refractivity contribution in [1.29, 1.82) is 0 Å². The van der Waals surface area contributed by atoms with Gasteiger partial charge < -0.3 is 14.2 Å². The van der Waals surface area contributed by atoms with Crippen molar-refractivity contribution in [3.05, 3.63) is 24.3 Å². The first-order valence-corrected chi connectivity index (χ1v) is 6.87. The van der Waals surface area contributed by atoms with E-state index >= 15 is 0 Å². The van der Waals surface area contributed by atoms with Crippen molar-refractivity contribution in [3.8, 4) is 11.5 Å². The molecular weight excluding hydrogens is 228 g/mol. The van der Waals surface area contributed by atoms with E-state index in [1.165, 1.54) is 25.7 Å². The fraction of sp³-hybridized carbons (Fsp3) is 0.600. The van der Waals surface area contributed by atoms with Gasteiger partial charge in [0.2, 0.25) is 0 Å². The van der Waals surface area contributed by atoms with Crippen LogP contribution in [0.1, 0.15) is 25.7 Å². The average Bonchev–Trinajstić information content (AvgIpc) is 3.28. The summed E-state index contributed by atoms with van der Waals surface area (Å²) in [7, 11) is 0. The predicted octanol–water partition coefficient (Wildman–Crippen LogP) is 3.03. The lowest BCUT2D eigenvalue weighted by molar-refractivity contribution is 0.262. The van der Waals surface area contributed by atoms with E-state index in [2.05, 4.69) is 0 Å². The van der Waals surface area contributed by atoms with Crippen LogP contribution >= 0.6 is 0 Å². The Morgan fingerprint density at radius 2 is 1.72 bits per heavy atom. The quantitative estimate of drug-likeness (QED) is 0.523. The minimum absolute atomic E-state index is 0.309. The van der Waals surface area contributed by atoms with Crippen LogP contribution in [0, 0.1) is 5.92 Å². The van der Waals surface area contributed by atoms with Gasteiger partial charge in [-0.05, 0) is 43.0 Å². The van der Waals surface area contributed by atoms with Crippen molar-refractivity contribution in [3.63, 3.8) is 0 Å².